The van der Waals surface area contributed by atoms with Gasteiger partial charge >= 0.3 is 0 Å². The molecular weight excluding hydrogens is 278 g/mol. The number of carbonyl (C=O) groups is 2. The van der Waals surface area contributed by atoms with Gasteiger partial charge in [0, 0.05) is 12.5 Å². The van der Waals surface area contributed by atoms with Gasteiger partial charge in [0.25, 0.3) is 0 Å². The first-order valence-corrected chi connectivity index (χ1v) is 6.24. The zero-order valence-electron chi connectivity index (χ0n) is 12.0. The lowest BCUT2D eigenvalue weighted by Crippen LogP contribution is -2.54. The summed E-state index contributed by atoms with van der Waals surface area (Å²) in [6.45, 7) is 3.95. The zero-order chi connectivity index (χ0) is 14.5. The van der Waals surface area contributed by atoms with Gasteiger partial charge < -0.3 is 16.4 Å². The molecule has 0 heterocycles. The number of hydrogen-bond donors (Lipinski definition) is 3. The van der Waals surface area contributed by atoms with Gasteiger partial charge in [0.05, 0.1) is 0 Å². The van der Waals surface area contributed by atoms with Crippen molar-refractivity contribution in [1.82, 2.24) is 10.6 Å². The molecule has 2 unspecified atom stereocenters. The number of carbonyl (C=O) groups excluding carboxylic acids is 2. The van der Waals surface area contributed by atoms with Gasteiger partial charge in [-0.1, -0.05) is 37.3 Å². The topological polar surface area (TPSA) is 84.2 Å². The van der Waals surface area contributed by atoms with Gasteiger partial charge in [-0.15, -0.1) is 12.4 Å². The Balaban J connectivity index is 0.00000361. The summed E-state index contributed by atoms with van der Waals surface area (Å²) in [5, 5.41) is 5.67. The van der Waals surface area contributed by atoms with Crippen LogP contribution in [0.2, 0.25) is 0 Å². The van der Waals surface area contributed by atoms with Crippen molar-refractivity contribution in [1.29, 1.82) is 0 Å². The third kappa shape index (κ3) is 4.21. The van der Waals surface area contributed by atoms with Gasteiger partial charge in [0.2, 0.25) is 11.8 Å². The molecule has 0 spiro atoms. The van der Waals surface area contributed by atoms with Gasteiger partial charge in [-0.25, -0.2) is 0 Å². The normalized spacial score (nSPS) is 14.6. The third-order valence-electron chi connectivity index (χ3n) is 3.18. The number of nitrogens with two attached hydrogens (primary N) is 1. The number of halogens is 1. The van der Waals surface area contributed by atoms with Crippen LogP contribution in [0, 0.1) is 5.92 Å². The Kier molecular flexibility index (Phi) is 7.24. The number of benzene rings is 1. The first-order valence-electron chi connectivity index (χ1n) is 6.24. The lowest BCUT2D eigenvalue weighted by Gasteiger charge is -2.29. The van der Waals surface area contributed by atoms with Crippen LogP contribution in [0.3, 0.4) is 0 Å². The molecule has 2 atom stereocenters. The minimum Gasteiger partial charge on any atom is -0.367 e. The average Bonchev–Trinajstić information content (AvgIpc) is 2.39. The van der Waals surface area contributed by atoms with Crippen molar-refractivity contribution in [2.45, 2.75) is 19.4 Å². The van der Waals surface area contributed by atoms with E-state index >= 15 is 0 Å². The van der Waals surface area contributed by atoms with E-state index in [-0.39, 0.29) is 24.2 Å². The summed E-state index contributed by atoms with van der Waals surface area (Å²) in [4.78, 5) is 23.8. The molecule has 0 aliphatic carbocycles. The molecule has 0 aliphatic rings. The minimum absolute atomic E-state index is 0. The van der Waals surface area contributed by atoms with E-state index in [1.165, 1.54) is 0 Å². The standard InChI is InChI=1S/C14H21N3O2.ClH/c1-10(9-16-3)12(18)17-14(2,13(15)19)11-7-5-4-6-8-11;/h4-8,10,16H,9H2,1-3H3,(H2,15,19)(H,17,18);1H. The Bertz CT molecular complexity index is 453. The Morgan fingerprint density at radius 1 is 1.30 bits per heavy atom. The fraction of sp³-hybridized carbons (Fsp3) is 0.429. The lowest BCUT2D eigenvalue weighted by atomic mass is 9.90. The molecule has 20 heavy (non-hydrogen) atoms. The molecule has 1 aromatic carbocycles. The number of nitrogens with one attached hydrogen (secondary N) is 2. The Morgan fingerprint density at radius 2 is 1.85 bits per heavy atom. The van der Waals surface area contributed by atoms with Gasteiger partial charge in [0.1, 0.15) is 5.54 Å². The van der Waals surface area contributed by atoms with E-state index < -0.39 is 11.4 Å². The monoisotopic (exact) mass is 299 g/mol. The van der Waals surface area contributed by atoms with Crippen molar-refractivity contribution in [3.8, 4) is 0 Å². The van der Waals surface area contributed by atoms with Crippen LogP contribution in [0.15, 0.2) is 30.3 Å². The minimum atomic E-state index is -1.19. The average molecular weight is 300 g/mol. The molecule has 0 fully saturated rings. The Morgan fingerprint density at radius 3 is 2.30 bits per heavy atom. The van der Waals surface area contributed by atoms with Crippen molar-refractivity contribution in [3.63, 3.8) is 0 Å². The maximum Gasteiger partial charge on any atom is 0.247 e. The quantitative estimate of drug-likeness (QED) is 0.726. The molecule has 1 aromatic rings. The molecular formula is C14H22ClN3O2. The molecule has 6 heteroatoms. The van der Waals surface area contributed by atoms with Crippen LogP contribution in [0.25, 0.3) is 0 Å². The maximum atomic E-state index is 12.1. The molecule has 0 aliphatic heterocycles. The molecule has 2 amide bonds. The summed E-state index contributed by atoms with van der Waals surface area (Å²) >= 11 is 0. The predicted octanol–water partition coefficient (Wildman–Crippen LogP) is 0.781. The molecule has 4 N–H and O–H groups in total. The summed E-state index contributed by atoms with van der Waals surface area (Å²) in [6, 6.07) is 9.00. The summed E-state index contributed by atoms with van der Waals surface area (Å²) in [7, 11) is 1.77. The van der Waals surface area contributed by atoms with Crippen molar-refractivity contribution in [2.24, 2.45) is 11.7 Å². The second kappa shape index (κ2) is 7.87. The number of primary amides is 1. The van der Waals surface area contributed by atoms with Crippen LogP contribution in [-0.2, 0) is 15.1 Å². The van der Waals surface area contributed by atoms with E-state index in [4.69, 9.17) is 5.73 Å². The molecule has 5 nitrogen and oxygen atoms in total. The fourth-order valence-electron chi connectivity index (χ4n) is 1.82. The maximum absolute atomic E-state index is 12.1. The number of hydrogen-bond acceptors (Lipinski definition) is 3. The highest BCUT2D eigenvalue weighted by molar-refractivity contribution is 5.91. The van der Waals surface area contributed by atoms with Crippen molar-refractivity contribution in [2.75, 3.05) is 13.6 Å². The SMILES string of the molecule is CNCC(C)C(=O)NC(C)(C(N)=O)c1ccccc1.Cl. The van der Waals surface area contributed by atoms with Crippen LogP contribution >= 0.6 is 12.4 Å². The lowest BCUT2D eigenvalue weighted by molar-refractivity contribution is -0.133. The third-order valence-corrected chi connectivity index (χ3v) is 3.18. The van der Waals surface area contributed by atoms with E-state index in [1.807, 2.05) is 6.07 Å². The highest BCUT2D eigenvalue weighted by Crippen LogP contribution is 2.20. The second-order valence-electron chi connectivity index (χ2n) is 4.80. The largest absolute Gasteiger partial charge is 0.367 e. The van der Waals surface area contributed by atoms with Gasteiger partial charge in [-0.3, -0.25) is 9.59 Å². The molecule has 0 saturated heterocycles. The van der Waals surface area contributed by atoms with Crippen LogP contribution in [0.5, 0.6) is 0 Å². The zero-order valence-corrected chi connectivity index (χ0v) is 12.8. The predicted molar refractivity (Wildman–Crippen MR) is 81.5 cm³/mol. The molecule has 0 saturated carbocycles. The molecule has 112 valence electrons. The first-order chi connectivity index (χ1) is 8.91. The van der Waals surface area contributed by atoms with Crippen molar-refractivity contribution in [3.05, 3.63) is 35.9 Å². The van der Waals surface area contributed by atoms with Gasteiger partial charge in [-0.2, -0.15) is 0 Å². The van der Waals surface area contributed by atoms with E-state index in [9.17, 15) is 9.59 Å². The van der Waals surface area contributed by atoms with Crippen LogP contribution in [0.1, 0.15) is 19.4 Å². The summed E-state index contributed by atoms with van der Waals surface area (Å²) in [6.07, 6.45) is 0. The number of amides is 2. The Labute approximate surface area is 125 Å². The van der Waals surface area contributed by atoms with E-state index in [2.05, 4.69) is 10.6 Å². The molecule has 0 bridgehead atoms. The summed E-state index contributed by atoms with van der Waals surface area (Å²) in [5.74, 6) is -1.03. The first kappa shape index (κ1) is 18.4. The smallest absolute Gasteiger partial charge is 0.247 e. The fourth-order valence-corrected chi connectivity index (χ4v) is 1.82. The van der Waals surface area contributed by atoms with Gasteiger partial charge in [-0.05, 0) is 19.5 Å². The highest BCUT2D eigenvalue weighted by Gasteiger charge is 2.35. The van der Waals surface area contributed by atoms with Crippen molar-refractivity contribution >= 4 is 24.2 Å². The number of rotatable bonds is 6. The van der Waals surface area contributed by atoms with E-state index in [1.54, 1.807) is 45.2 Å². The van der Waals surface area contributed by atoms with E-state index in [0.29, 0.717) is 12.1 Å². The molecule has 0 aromatic heterocycles. The second-order valence-corrected chi connectivity index (χ2v) is 4.80. The van der Waals surface area contributed by atoms with Crippen molar-refractivity contribution < 1.29 is 9.59 Å². The van der Waals surface area contributed by atoms with Crippen LogP contribution in [-0.4, -0.2) is 25.4 Å². The van der Waals surface area contributed by atoms with Crippen LogP contribution < -0.4 is 16.4 Å². The molecule has 1 rings (SSSR count). The Hall–Kier alpha value is -1.59. The van der Waals surface area contributed by atoms with Gasteiger partial charge in [0.15, 0.2) is 0 Å². The van der Waals surface area contributed by atoms with E-state index in [0.717, 1.165) is 0 Å². The highest BCUT2D eigenvalue weighted by atomic mass is 35.5. The molecule has 0 radical (unpaired) electrons. The van der Waals surface area contributed by atoms with Crippen LogP contribution in [0.4, 0.5) is 0 Å². The summed E-state index contributed by atoms with van der Waals surface area (Å²) < 4.78 is 0. The summed E-state index contributed by atoms with van der Waals surface area (Å²) in [5.41, 5.74) is 4.94.